The summed E-state index contributed by atoms with van der Waals surface area (Å²) < 4.78 is 10.2. The van der Waals surface area contributed by atoms with E-state index in [0.717, 1.165) is 0 Å². The number of hydrogen-bond acceptors (Lipinski definition) is 5. The van der Waals surface area contributed by atoms with Gasteiger partial charge in [-0.15, -0.1) is 0 Å². The monoisotopic (exact) mass is 322 g/mol. The largest absolute Gasteiger partial charge is 0.467 e. The highest BCUT2D eigenvalue weighted by Crippen LogP contribution is 2.23. The Morgan fingerprint density at radius 1 is 1.36 bits per heavy atom. The van der Waals surface area contributed by atoms with Crippen LogP contribution in [0, 0.1) is 0 Å². The maximum absolute atomic E-state index is 12.0. The number of hydrogen-bond donors (Lipinski definition) is 2. The van der Waals surface area contributed by atoms with Crippen molar-refractivity contribution >= 4 is 29.2 Å². The number of benzene rings is 1. The van der Waals surface area contributed by atoms with Crippen LogP contribution in [-0.4, -0.2) is 18.0 Å². The van der Waals surface area contributed by atoms with E-state index >= 15 is 0 Å². The molecule has 0 aliphatic carbocycles. The lowest BCUT2D eigenvalue weighted by atomic mass is 10.2. The molecular formula is C15H15ClN2O4. The molecule has 3 N–H and O–H groups in total. The van der Waals surface area contributed by atoms with Crippen molar-refractivity contribution in [2.45, 2.75) is 19.6 Å². The molecular weight excluding hydrogens is 308 g/mol. The number of nitrogen functional groups attached to an aromatic ring is 1. The van der Waals surface area contributed by atoms with Gasteiger partial charge in [-0.25, -0.2) is 4.79 Å². The number of nitrogens with one attached hydrogen (secondary N) is 1. The molecule has 7 heteroatoms. The number of amides is 1. The number of carbonyl (C=O) groups excluding carboxylic acids is 2. The number of carbonyl (C=O) groups is 2. The third-order valence-corrected chi connectivity index (χ3v) is 3.27. The molecule has 1 unspecified atom stereocenters. The highest BCUT2D eigenvalue weighted by Gasteiger charge is 2.21. The van der Waals surface area contributed by atoms with Gasteiger partial charge >= 0.3 is 5.97 Å². The fourth-order valence-corrected chi connectivity index (χ4v) is 1.90. The summed E-state index contributed by atoms with van der Waals surface area (Å²) in [4.78, 5) is 23.9. The van der Waals surface area contributed by atoms with Gasteiger partial charge in [-0.3, -0.25) is 4.79 Å². The SMILES string of the molecule is CC(OC(=O)c1cccc(Cl)c1N)C(=O)NCc1ccco1. The van der Waals surface area contributed by atoms with Gasteiger partial charge in [0.2, 0.25) is 0 Å². The molecule has 22 heavy (non-hydrogen) atoms. The van der Waals surface area contributed by atoms with Crippen molar-refractivity contribution in [3.05, 3.63) is 52.9 Å². The summed E-state index contributed by atoms with van der Waals surface area (Å²) in [5.74, 6) is -0.544. The third-order valence-electron chi connectivity index (χ3n) is 2.94. The summed E-state index contributed by atoms with van der Waals surface area (Å²) >= 11 is 5.84. The number of nitrogens with two attached hydrogens (primary N) is 1. The normalized spacial score (nSPS) is 11.7. The first-order valence-corrected chi connectivity index (χ1v) is 6.92. The van der Waals surface area contributed by atoms with Gasteiger partial charge in [0.15, 0.2) is 6.10 Å². The topological polar surface area (TPSA) is 94.6 Å². The molecule has 1 aromatic carbocycles. The number of rotatable bonds is 5. The van der Waals surface area contributed by atoms with Crippen molar-refractivity contribution in [3.63, 3.8) is 0 Å². The third kappa shape index (κ3) is 3.79. The van der Waals surface area contributed by atoms with E-state index < -0.39 is 18.0 Å². The molecule has 116 valence electrons. The van der Waals surface area contributed by atoms with E-state index in [-0.39, 0.29) is 22.8 Å². The zero-order chi connectivity index (χ0) is 16.1. The number of esters is 1. The van der Waals surface area contributed by atoms with E-state index in [1.54, 1.807) is 24.3 Å². The van der Waals surface area contributed by atoms with Crippen molar-refractivity contribution < 1.29 is 18.7 Å². The first kappa shape index (κ1) is 15.9. The molecule has 0 aliphatic heterocycles. The zero-order valence-electron chi connectivity index (χ0n) is 11.8. The Morgan fingerprint density at radius 2 is 2.14 bits per heavy atom. The maximum Gasteiger partial charge on any atom is 0.341 e. The van der Waals surface area contributed by atoms with Crippen LogP contribution in [-0.2, 0) is 16.1 Å². The lowest BCUT2D eigenvalue weighted by Gasteiger charge is -2.14. The molecule has 0 fully saturated rings. The number of halogens is 1. The van der Waals surface area contributed by atoms with Crippen molar-refractivity contribution in [2.24, 2.45) is 0 Å². The van der Waals surface area contributed by atoms with Gasteiger partial charge in [0.25, 0.3) is 5.91 Å². The van der Waals surface area contributed by atoms with Gasteiger partial charge in [-0.1, -0.05) is 17.7 Å². The van der Waals surface area contributed by atoms with Crippen LogP contribution in [0.3, 0.4) is 0 Å². The molecule has 0 aliphatic rings. The second kappa shape index (κ2) is 7.00. The van der Waals surface area contributed by atoms with Gasteiger partial charge in [-0.05, 0) is 31.2 Å². The van der Waals surface area contributed by atoms with Crippen molar-refractivity contribution in [1.29, 1.82) is 0 Å². The van der Waals surface area contributed by atoms with Gasteiger partial charge in [0, 0.05) is 0 Å². The number of para-hydroxylation sites is 1. The number of ether oxygens (including phenoxy) is 1. The standard InChI is InChI=1S/C15H15ClN2O4/c1-9(14(19)18-8-10-4-3-7-21-10)22-15(20)11-5-2-6-12(16)13(11)17/h2-7,9H,8,17H2,1H3,(H,18,19). The summed E-state index contributed by atoms with van der Waals surface area (Å²) in [6.45, 7) is 1.68. The average Bonchev–Trinajstić information content (AvgIpc) is 3.00. The summed E-state index contributed by atoms with van der Waals surface area (Å²) in [5.41, 5.74) is 5.96. The molecule has 0 saturated heterocycles. The highest BCUT2D eigenvalue weighted by molar-refractivity contribution is 6.33. The van der Waals surface area contributed by atoms with E-state index in [0.29, 0.717) is 5.76 Å². The lowest BCUT2D eigenvalue weighted by molar-refractivity contribution is -0.129. The molecule has 2 rings (SSSR count). The van der Waals surface area contributed by atoms with Crippen molar-refractivity contribution in [1.82, 2.24) is 5.32 Å². The Balaban J connectivity index is 1.93. The Labute approximate surface area is 132 Å². The summed E-state index contributed by atoms with van der Waals surface area (Å²) in [6.07, 6.45) is 0.535. The predicted octanol–water partition coefficient (Wildman–Crippen LogP) is 2.38. The Hall–Kier alpha value is -2.47. The molecule has 2 aromatic rings. The minimum atomic E-state index is -0.971. The van der Waals surface area contributed by atoms with Crippen LogP contribution in [0.2, 0.25) is 5.02 Å². The smallest absolute Gasteiger partial charge is 0.341 e. The molecule has 1 atom stereocenters. The molecule has 1 amide bonds. The van der Waals surface area contributed by atoms with E-state index in [1.165, 1.54) is 19.3 Å². The van der Waals surface area contributed by atoms with Gasteiger partial charge in [0.1, 0.15) is 5.76 Å². The van der Waals surface area contributed by atoms with Crippen LogP contribution in [0.1, 0.15) is 23.0 Å². The lowest BCUT2D eigenvalue weighted by Crippen LogP contribution is -2.35. The summed E-state index contributed by atoms with van der Waals surface area (Å²) in [6, 6.07) is 8.07. The maximum atomic E-state index is 12.0. The summed E-state index contributed by atoms with van der Waals surface area (Å²) in [5, 5.41) is 2.85. The molecule has 0 saturated carbocycles. The molecule has 0 spiro atoms. The minimum absolute atomic E-state index is 0.123. The van der Waals surface area contributed by atoms with Gasteiger partial charge in [-0.2, -0.15) is 0 Å². The fourth-order valence-electron chi connectivity index (χ4n) is 1.72. The van der Waals surface area contributed by atoms with E-state index in [1.807, 2.05) is 0 Å². The minimum Gasteiger partial charge on any atom is -0.467 e. The highest BCUT2D eigenvalue weighted by atomic mass is 35.5. The Kier molecular flexibility index (Phi) is 5.06. The van der Waals surface area contributed by atoms with Gasteiger partial charge in [0.05, 0.1) is 29.1 Å². The first-order valence-electron chi connectivity index (χ1n) is 6.54. The second-order valence-electron chi connectivity index (χ2n) is 4.55. The quantitative estimate of drug-likeness (QED) is 0.651. The zero-order valence-corrected chi connectivity index (χ0v) is 12.6. The van der Waals surface area contributed by atoms with Crippen LogP contribution in [0.15, 0.2) is 41.0 Å². The predicted molar refractivity (Wildman–Crippen MR) is 81.3 cm³/mol. The van der Waals surface area contributed by atoms with E-state index in [2.05, 4.69) is 5.32 Å². The van der Waals surface area contributed by atoms with Crippen LogP contribution < -0.4 is 11.1 Å². The molecule has 1 aromatic heterocycles. The van der Waals surface area contributed by atoms with E-state index in [9.17, 15) is 9.59 Å². The van der Waals surface area contributed by atoms with Crippen LogP contribution in [0.25, 0.3) is 0 Å². The fraction of sp³-hybridized carbons (Fsp3) is 0.200. The molecule has 1 heterocycles. The molecule has 6 nitrogen and oxygen atoms in total. The van der Waals surface area contributed by atoms with Crippen LogP contribution in [0.5, 0.6) is 0 Å². The van der Waals surface area contributed by atoms with Crippen molar-refractivity contribution in [2.75, 3.05) is 5.73 Å². The first-order chi connectivity index (χ1) is 10.5. The number of anilines is 1. The van der Waals surface area contributed by atoms with Crippen LogP contribution in [0.4, 0.5) is 5.69 Å². The van der Waals surface area contributed by atoms with Gasteiger partial charge < -0.3 is 20.2 Å². The Bertz CT molecular complexity index is 670. The van der Waals surface area contributed by atoms with Crippen molar-refractivity contribution in [3.8, 4) is 0 Å². The van der Waals surface area contributed by atoms with E-state index in [4.69, 9.17) is 26.5 Å². The van der Waals surface area contributed by atoms with Crippen LogP contribution >= 0.6 is 11.6 Å². The molecule has 0 radical (unpaired) electrons. The summed E-state index contributed by atoms with van der Waals surface area (Å²) in [7, 11) is 0. The average molecular weight is 323 g/mol. The number of furan rings is 1. The second-order valence-corrected chi connectivity index (χ2v) is 4.95. The Morgan fingerprint density at radius 3 is 2.82 bits per heavy atom. The molecule has 0 bridgehead atoms.